The van der Waals surface area contributed by atoms with E-state index in [-0.39, 0.29) is 12.0 Å². The highest BCUT2D eigenvalue weighted by Crippen LogP contribution is 2.42. The summed E-state index contributed by atoms with van der Waals surface area (Å²) in [5.41, 5.74) is 0.595. The molecule has 0 radical (unpaired) electrons. The number of halogens is 1. The number of morpholine rings is 1. The Balaban J connectivity index is 1.60. The van der Waals surface area contributed by atoms with Gasteiger partial charge in [0.1, 0.15) is 6.10 Å². The number of aromatic nitrogens is 4. The molecule has 144 valence electrons. The maximum Gasteiger partial charge on any atom is 0.233 e. The number of amides is 1. The van der Waals surface area contributed by atoms with Crippen molar-refractivity contribution in [1.82, 2.24) is 25.1 Å². The third kappa shape index (κ3) is 3.58. The fourth-order valence-corrected chi connectivity index (χ4v) is 4.40. The predicted octanol–water partition coefficient (Wildman–Crippen LogP) is 2.67. The van der Waals surface area contributed by atoms with Crippen molar-refractivity contribution in [2.24, 2.45) is 7.05 Å². The van der Waals surface area contributed by atoms with E-state index in [0.717, 1.165) is 31.2 Å². The zero-order chi connectivity index (χ0) is 18.9. The van der Waals surface area contributed by atoms with E-state index in [2.05, 4.69) is 15.4 Å². The van der Waals surface area contributed by atoms with Gasteiger partial charge in [0, 0.05) is 11.6 Å². The zero-order valence-corrected chi connectivity index (χ0v) is 16.2. The van der Waals surface area contributed by atoms with Gasteiger partial charge in [-0.05, 0) is 35.8 Å². The van der Waals surface area contributed by atoms with Gasteiger partial charge in [-0.25, -0.2) is 0 Å². The van der Waals surface area contributed by atoms with Crippen molar-refractivity contribution in [2.45, 2.75) is 43.6 Å². The maximum absolute atomic E-state index is 13.7. The molecular formula is C19H24ClN5O2. The average molecular weight is 390 g/mol. The largest absolute Gasteiger partial charge is 0.366 e. The first kappa shape index (κ1) is 18.4. The van der Waals surface area contributed by atoms with Crippen molar-refractivity contribution in [1.29, 1.82) is 0 Å². The molecule has 2 fully saturated rings. The van der Waals surface area contributed by atoms with Crippen LogP contribution in [0.15, 0.2) is 24.3 Å². The van der Waals surface area contributed by atoms with Crippen molar-refractivity contribution in [3.63, 3.8) is 0 Å². The van der Waals surface area contributed by atoms with Gasteiger partial charge in [-0.15, -0.1) is 10.2 Å². The fourth-order valence-electron chi connectivity index (χ4n) is 4.27. The molecule has 1 unspecified atom stereocenters. The topological polar surface area (TPSA) is 73.1 Å². The first-order valence-electron chi connectivity index (χ1n) is 9.49. The summed E-state index contributed by atoms with van der Waals surface area (Å²) >= 11 is 6.08. The highest BCUT2D eigenvalue weighted by Gasteiger charge is 2.44. The summed E-state index contributed by atoms with van der Waals surface area (Å²) in [5, 5.41) is 12.9. The smallest absolute Gasteiger partial charge is 0.233 e. The van der Waals surface area contributed by atoms with E-state index in [9.17, 15) is 4.79 Å². The second-order valence-corrected chi connectivity index (χ2v) is 7.83. The summed E-state index contributed by atoms with van der Waals surface area (Å²) in [6.07, 6.45) is 4.72. The molecule has 1 aliphatic heterocycles. The number of benzene rings is 1. The first-order valence-corrected chi connectivity index (χ1v) is 9.87. The molecule has 1 atom stereocenters. The number of rotatable bonds is 3. The van der Waals surface area contributed by atoms with Crippen LogP contribution in [0, 0.1) is 0 Å². The standard InChI is InChI=1S/C19H24ClN5O2/c1-24-22-17(21-23-24)16-13-25(11-12-27-16)18(26)19(9-3-2-4-10-19)14-5-7-15(20)8-6-14/h5-8,16H,2-4,9-13H2,1H3. The van der Waals surface area contributed by atoms with Crippen molar-refractivity contribution in [2.75, 3.05) is 19.7 Å². The highest BCUT2D eigenvalue weighted by molar-refractivity contribution is 6.30. The molecule has 2 aliphatic rings. The van der Waals surface area contributed by atoms with Crippen LogP contribution in [0.4, 0.5) is 0 Å². The number of tetrazole rings is 1. The molecule has 0 bridgehead atoms. The average Bonchev–Trinajstić information content (AvgIpc) is 3.15. The molecule has 1 aromatic heterocycles. The van der Waals surface area contributed by atoms with E-state index in [1.165, 1.54) is 11.2 Å². The minimum atomic E-state index is -0.472. The maximum atomic E-state index is 13.7. The summed E-state index contributed by atoms with van der Waals surface area (Å²) in [5.74, 6) is 0.709. The lowest BCUT2D eigenvalue weighted by Gasteiger charge is -2.42. The quantitative estimate of drug-likeness (QED) is 0.806. The van der Waals surface area contributed by atoms with Crippen LogP contribution in [0.1, 0.15) is 49.6 Å². The number of hydrogen-bond acceptors (Lipinski definition) is 5. The van der Waals surface area contributed by atoms with E-state index < -0.39 is 5.41 Å². The minimum absolute atomic E-state index is 0.182. The molecule has 1 aliphatic carbocycles. The number of carbonyl (C=O) groups is 1. The number of nitrogens with zero attached hydrogens (tertiary/aromatic N) is 5. The van der Waals surface area contributed by atoms with Crippen LogP contribution in [0.25, 0.3) is 0 Å². The molecule has 2 aromatic rings. The fraction of sp³-hybridized carbons (Fsp3) is 0.579. The molecule has 1 amide bonds. The van der Waals surface area contributed by atoms with Gasteiger partial charge >= 0.3 is 0 Å². The Labute approximate surface area is 163 Å². The lowest BCUT2D eigenvalue weighted by atomic mass is 9.68. The van der Waals surface area contributed by atoms with E-state index in [1.807, 2.05) is 29.2 Å². The molecule has 8 heteroatoms. The van der Waals surface area contributed by atoms with Crippen molar-refractivity contribution in [3.8, 4) is 0 Å². The third-order valence-corrected chi connectivity index (χ3v) is 5.93. The predicted molar refractivity (Wildman–Crippen MR) is 100 cm³/mol. The van der Waals surface area contributed by atoms with Crippen LogP contribution in [0.5, 0.6) is 0 Å². The molecule has 0 N–H and O–H groups in total. The van der Waals surface area contributed by atoms with Crippen molar-refractivity contribution in [3.05, 3.63) is 40.7 Å². The Bertz CT molecular complexity index is 801. The Morgan fingerprint density at radius 3 is 2.63 bits per heavy atom. The van der Waals surface area contributed by atoms with Gasteiger partial charge in [0.05, 0.1) is 25.6 Å². The lowest BCUT2D eigenvalue weighted by molar-refractivity contribution is -0.147. The van der Waals surface area contributed by atoms with E-state index in [0.29, 0.717) is 30.5 Å². The van der Waals surface area contributed by atoms with Gasteiger partial charge in [0.15, 0.2) is 0 Å². The van der Waals surface area contributed by atoms with Gasteiger partial charge in [-0.3, -0.25) is 4.79 Å². The van der Waals surface area contributed by atoms with Gasteiger partial charge in [0.2, 0.25) is 11.7 Å². The van der Waals surface area contributed by atoms with Gasteiger partial charge in [-0.1, -0.05) is 43.0 Å². The van der Waals surface area contributed by atoms with Crippen LogP contribution >= 0.6 is 11.6 Å². The molecule has 1 saturated carbocycles. The van der Waals surface area contributed by atoms with Crippen LogP contribution in [-0.4, -0.2) is 50.7 Å². The number of ether oxygens (including phenoxy) is 1. The Morgan fingerprint density at radius 2 is 1.96 bits per heavy atom. The molecule has 4 rings (SSSR count). The minimum Gasteiger partial charge on any atom is -0.366 e. The molecule has 1 aromatic carbocycles. The third-order valence-electron chi connectivity index (χ3n) is 5.68. The van der Waals surface area contributed by atoms with E-state index in [1.54, 1.807) is 7.05 Å². The van der Waals surface area contributed by atoms with Gasteiger partial charge < -0.3 is 9.64 Å². The number of carbonyl (C=O) groups excluding carboxylic acids is 1. The van der Waals surface area contributed by atoms with Crippen molar-refractivity contribution < 1.29 is 9.53 Å². The number of hydrogen-bond donors (Lipinski definition) is 0. The second-order valence-electron chi connectivity index (χ2n) is 7.40. The molecule has 7 nitrogen and oxygen atoms in total. The lowest BCUT2D eigenvalue weighted by Crippen LogP contribution is -2.52. The van der Waals surface area contributed by atoms with E-state index >= 15 is 0 Å². The molecular weight excluding hydrogens is 366 g/mol. The van der Waals surface area contributed by atoms with Gasteiger partial charge in [-0.2, -0.15) is 4.80 Å². The summed E-state index contributed by atoms with van der Waals surface area (Å²) in [7, 11) is 1.72. The van der Waals surface area contributed by atoms with Gasteiger partial charge in [0.25, 0.3) is 0 Å². The normalized spacial score (nSPS) is 22.6. The molecule has 0 spiro atoms. The van der Waals surface area contributed by atoms with Crippen LogP contribution < -0.4 is 0 Å². The first-order chi connectivity index (χ1) is 13.1. The summed E-state index contributed by atoms with van der Waals surface area (Å²) in [6, 6.07) is 7.78. The summed E-state index contributed by atoms with van der Waals surface area (Å²) < 4.78 is 5.81. The van der Waals surface area contributed by atoms with Crippen molar-refractivity contribution >= 4 is 17.5 Å². The Morgan fingerprint density at radius 1 is 1.22 bits per heavy atom. The zero-order valence-electron chi connectivity index (χ0n) is 15.5. The molecule has 27 heavy (non-hydrogen) atoms. The highest BCUT2D eigenvalue weighted by atomic mass is 35.5. The monoisotopic (exact) mass is 389 g/mol. The van der Waals surface area contributed by atoms with Crippen LogP contribution in [-0.2, 0) is 22.0 Å². The summed E-state index contributed by atoms with van der Waals surface area (Å²) in [6.45, 7) is 1.52. The van der Waals surface area contributed by atoms with Crippen LogP contribution in [0.2, 0.25) is 5.02 Å². The summed E-state index contributed by atoms with van der Waals surface area (Å²) in [4.78, 5) is 17.1. The molecule has 2 heterocycles. The van der Waals surface area contributed by atoms with E-state index in [4.69, 9.17) is 16.3 Å². The SMILES string of the molecule is Cn1nnc(C2CN(C(=O)C3(c4ccc(Cl)cc4)CCCCC3)CCO2)n1. The molecule has 1 saturated heterocycles. The number of aryl methyl sites for hydroxylation is 1. The van der Waals surface area contributed by atoms with Crippen LogP contribution in [0.3, 0.4) is 0 Å². The second kappa shape index (κ2) is 7.56. The Kier molecular flexibility index (Phi) is 5.14. The Hall–Kier alpha value is -1.99.